The van der Waals surface area contributed by atoms with E-state index in [4.69, 9.17) is 11.6 Å². The lowest BCUT2D eigenvalue weighted by molar-refractivity contribution is 0.579. The molecule has 4 aromatic rings. The third kappa shape index (κ3) is 5.13. The molecular weight excluding hydrogens is 464 g/mol. The molecule has 0 saturated heterocycles. The maximum atomic E-state index is 12.8. The van der Waals surface area contributed by atoms with Crippen LogP contribution in [0.4, 0.5) is 0 Å². The van der Waals surface area contributed by atoms with Crippen LogP contribution in [0.3, 0.4) is 0 Å². The molecule has 32 heavy (non-hydrogen) atoms. The Morgan fingerprint density at radius 2 is 1.84 bits per heavy atom. The second-order valence-corrected chi connectivity index (χ2v) is 10.8. The molecule has 0 aliphatic carbocycles. The highest BCUT2D eigenvalue weighted by Gasteiger charge is 2.17. The molecule has 3 aromatic carbocycles. The predicted octanol–water partition coefficient (Wildman–Crippen LogP) is 4.98. The van der Waals surface area contributed by atoms with Crippen LogP contribution in [0.5, 0.6) is 0 Å². The van der Waals surface area contributed by atoms with E-state index in [-0.39, 0.29) is 9.77 Å². The zero-order valence-corrected chi connectivity index (χ0v) is 19.9. The molecule has 0 amide bonds. The van der Waals surface area contributed by atoms with Crippen molar-refractivity contribution in [1.82, 2.24) is 9.29 Å². The summed E-state index contributed by atoms with van der Waals surface area (Å²) < 4.78 is 30.4. The van der Waals surface area contributed by atoms with Gasteiger partial charge in [-0.05, 0) is 55.2 Å². The molecule has 0 bridgehead atoms. The monoisotopic (exact) mass is 486 g/mol. The second kappa shape index (κ2) is 9.58. The van der Waals surface area contributed by atoms with Gasteiger partial charge in [0, 0.05) is 11.6 Å². The minimum absolute atomic E-state index is 0.152. The van der Waals surface area contributed by atoms with Crippen LogP contribution in [0.2, 0.25) is 5.02 Å². The number of aryl methyl sites for hydroxylation is 2. The van der Waals surface area contributed by atoms with Crippen LogP contribution in [0.25, 0.3) is 10.2 Å². The average Bonchev–Trinajstić information content (AvgIpc) is 3.07. The van der Waals surface area contributed by atoms with E-state index in [2.05, 4.69) is 10.8 Å². The normalized spacial score (nSPS) is 11.8. The minimum atomic E-state index is -3.66. The number of thiazole rings is 1. The lowest BCUT2D eigenvalue weighted by Gasteiger charge is -2.09. The minimum Gasteiger partial charge on any atom is -0.294 e. The summed E-state index contributed by atoms with van der Waals surface area (Å²) in [6.45, 7) is 2.72. The molecule has 1 aromatic heterocycles. The Morgan fingerprint density at radius 1 is 1.03 bits per heavy atom. The number of aromatic nitrogens is 1. The number of rotatable bonds is 8. The zero-order chi connectivity index (χ0) is 22.7. The van der Waals surface area contributed by atoms with Crippen LogP contribution in [0.1, 0.15) is 23.1 Å². The largest absolute Gasteiger partial charge is 0.308 e. The zero-order valence-electron chi connectivity index (χ0n) is 17.5. The van der Waals surface area contributed by atoms with Gasteiger partial charge in [-0.3, -0.25) is 9.36 Å². The lowest BCUT2D eigenvalue weighted by atomic mass is 10.1. The fourth-order valence-electron chi connectivity index (χ4n) is 3.61. The molecule has 0 atom stereocenters. The Hall–Kier alpha value is -2.45. The summed E-state index contributed by atoms with van der Waals surface area (Å²) in [4.78, 5) is 12.6. The Kier molecular flexibility index (Phi) is 6.81. The van der Waals surface area contributed by atoms with E-state index in [1.807, 2.05) is 43.3 Å². The van der Waals surface area contributed by atoms with Crippen molar-refractivity contribution in [1.29, 1.82) is 0 Å². The van der Waals surface area contributed by atoms with Crippen molar-refractivity contribution in [2.75, 3.05) is 6.54 Å². The molecule has 166 valence electrons. The molecule has 0 aliphatic rings. The molecule has 0 fully saturated rings. The topological polar surface area (TPSA) is 68.2 Å². The quantitative estimate of drug-likeness (QED) is 0.357. The van der Waals surface area contributed by atoms with Crippen molar-refractivity contribution >= 4 is 43.2 Å². The number of benzene rings is 3. The van der Waals surface area contributed by atoms with Crippen molar-refractivity contribution in [3.05, 3.63) is 98.1 Å². The van der Waals surface area contributed by atoms with Crippen molar-refractivity contribution in [3.8, 4) is 0 Å². The first-order valence-corrected chi connectivity index (χ1v) is 12.9. The van der Waals surface area contributed by atoms with Crippen LogP contribution in [-0.2, 0) is 23.0 Å². The number of halogens is 1. The third-order valence-corrected chi connectivity index (χ3v) is 8.02. The second-order valence-electron chi connectivity index (χ2n) is 7.67. The molecule has 5 nitrogen and oxygen atoms in total. The summed E-state index contributed by atoms with van der Waals surface area (Å²) in [5.41, 5.74) is 3.91. The Bertz CT molecular complexity index is 1420. The van der Waals surface area contributed by atoms with Gasteiger partial charge in [0.25, 0.3) is 0 Å². The highest BCUT2D eigenvalue weighted by atomic mass is 35.5. The van der Waals surface area contributed by atoms with Crippen molar-refractivity contribution in [2.45, 2.75) is 31.2 Å². The van der Waals surface area contributed by atoms with Crippen LogP contribution in [0.15, 0.2) is 76.4 Å². The van der Waals surface area contributed by atoms with E-state index in [0.717, 1.165) is 23.3 Å². The first kappa shape index (κ1) is 22.7. The molecular formula is C24H23ClN2O3S2. The molecule has 0 unspecified atom stereocenters. The van der Waals surface area contributed by atoms with E-state index in [1.54, 1.807) is 28.8 Å². The van der Waals surface area contributed by atoms with Crippen molar-refractivity contribution < 1.29 is 8.42 Å². The Morgan fingerprint density at radius 3 is 2.62 bits per heavy atom. The SMILES string of the molecule is Cc1cccc(CCCNS(=O)(=O)c2ccc3c(c2)sc(=O)n3Cc2ccccc2Cl)c1. The number of sulfonamides is 1. The Balaban J connectivity index is 1.48. The van der Waals surface area contributed by atoms with Gasteiger partial charge in [-0.2, -0.15) is 0 Å². The first-order chi connectivity index (χ1) is 15.3. The molecule has 1 N–H and O–H groups in total. The fourth-order valence-corrected chi connectivity index (χ4v) is 5.91. The van der Waals surface area contributed by atoms with Crippen LogP contribution in [-0.4, -0.2) is 19.5 Å². The van der Waals surface area contributed by atoms with E-state index >= 15 is 0 Å². The van der Waals surface area contributed by atoms with Gasteiger partial charge in [0.1, 0.15) is 0 Å². The highest BCUT2D eigenvalue weighted by molar-refractivity contribution is 7.89. The molecule has 0 aliphatic heterocycles. The van der Waals surface area contributed by atoms with E-state index < -0.39 is 10.0 Å². The van der Waals surface area contributed by atoms with Crippen LogP contribution in [0, 0.1) is 6.92 Å². The number of fused-ring (bicyclic) bond motifs is 1. The van der Waals surface area contributed by atoms with Gasteiger partial charge < -0.3 is 0 Å². The van der Waals surface area contributed by atoms with Gasteiger partial charge in [-0.1, -0.05) is 71.0 Å². The van der Waals surface area contributed by atoms with Gasteiger partial charge in [0.2, 0.25) is 10.0 Å². The highest BCUT2D eigenvalue weighted by Crippen LogP contribution is 2.24. The summed E-state index contributed by atoms with van der Waals surface area (Å²) in [6, 6.07) is 20.4. The molecule has 8 heteroatoms. The molecule has 0 spiro atoms. The predicted molar refractivity (Wildman–Crippen MR) is 131 cm³/mol. The van der Waals surface area contributed by atoms with Gasteiger partial charge >= 0.3 is 4.87 Å². The fraction of sp³-hybridized carbons (Fsp3) is 0.208. The standard InChI is InChI=1S/C24H23ClN2O3S2/c1-17-6-4-7-18(14-17)8-5-13-26-32(29,30)20-11-12-22-23(15-20)31-24(28)27(22)16-19-9-2-3-10-21(19)25/h2-4,6-7,9-12,14-15,26H,5,8,13,16H2,1H3. The van der Waals surface area contributed by atoms with Gasteiger partial charge in [-0.25, -0.2) is 13.1 Å². The summed E-state index contributed by atoms with van der Waals surface area (Å²) in [6.07, 6.45) is 1.50. The van der Waals surface area contributed by atoms with Crippen molar-refractivity contribution in [2.24, 2.45) is 0 Å². The van der Waals surface area contributed by atoms with Gasteiger partial charge in [0.05, 0.1) is 21.7 Å². The third-order valence-electron chi connectivity index (χ3n) is 5.25. The van der Waals surface area contributed by atoms with Gasteiger partial charge in [-0.15, -0.1) is 0 Å². The molecule has 4 rings (SSSR count). The summed E-state index contributed by atoms with van der Waals surface area (Å²) in [5, 5.41) is 0.591. The summed E-state index contributed by atoms with van der Waals surface area (Å²) in [7, 11) is -3.66. The van der Waals surface area contributed by atoms with Crippen LogP contribution < -0.4 is 9.60 Å². The number of nitrogens with one attached hydrogen (secondary N) is 1. The molecule has 1 heterocycles. The number of hydrogen-bond acceptors (Lipinski definition) is 4. The van der Waals surface area contributed by atoms with E-state index in [1.165, 1.54) is 11.1 Å². The lowest BCUT2D eigenvalue weighted by Crippen LogP contribution is -2.25. The summed E-state index contributed by atoms with van der Waals surface area (Å²) >= 11 is 7.27. The maximum Gasteiger partial charge on any atom is 0.308 e. The number of nitrogens with zero attached hydrogens (tertiary/aromatic N) is 1. The van der Waals surface area contributed by atoms with E-state index in [9.17, 15) is 13.2 Å². The number of hydrogen-bond donors (Lipinski definition) is 1. The molecule has 0 radical (unpaired) electrons. The smallest absolute Gasteiger partial charge is 0.294 e. The van der Waals surface area contributed by atoms with Crippen molar-refractivity contribution in [3.63, 3.8) is 0 Å². The maximum absolute atomic E-state index is 12.8. The van der Waals surface area contributed by atoms with Gasteiger partial charge in [0.15, 0.2) is 0 Å². The first-order valence-electron chi connectivity index (χ1n) is 10.3. The summed E-state index contributed by atoms with van der Waals surface area (Å²) in [5.74, 6) is 0. The average molecular weight is 487 g/mol. The van der Waals surface area contributed by atoms with Crippen LogP contribution >= 0.6 is 22.9 Å². The van der Waals surface area contributed by atoms with E-state index in [0.29, 0.717) is 34.7 Å². The molecule has 0 saturated carbocycles. The Labute approximate surface area is 196 Å².